The molecule has 1 aliphatic carbocycles. The smallest absolute Gasteiger partial charge is 0.481 e. The quantitative estimate of drug-likeness (QED) is 0.508. The lowest BCUT2D eigenvalue weighted by Crippen LogP contribution is -2.36. The molecule has 2 rings (SSSR count). The third-order valence-electron chi connectivity index (χ3n) is 4.55. The topological polar surface area (TPSA) is 73.6 Å². The molecule has 148 valence electrons. The predicted molar refractivity (Wildman–Crippen MR) is 95.0 cm³/mol. The van der Waals surface area contributed by atoms with Crippen LogP contribution in [0.1, 0.15) is 25.7 Å². The fraction of sp³-hybridized carbons (Fsp3) is 0.474. The lowest BCUT2D eigenvalue weighted by atomic mass is 9.96. The average molecular weight is 384 g/mol. The monoisotopic (exact) mass is 384 g/mol. The summed E-state index contributed by atoms with van der Waals surface area (Å²) < 4.78 is 40.7. The minimum absolute atomic E-state index is 0.0771. The van der Waals surface area contributed by atoms with Gasteiger partial charge in [0.25, 0.3) is 0 Å². The molecule has 0 aromatic carbocycles. The number of likely N-dealkylation sites (tertiary alicyclic amines) is 1. The Morgan fingerprint density at radius 1 is 1.37 bits per heavy atom. The van der Waals surface area contributed by atoms with Gasteiger partial charge in [0.2, 0.25) is 0 Å². The predicted octanol–water partition coefficient (Wildman–Crippen LogP) is 4.26. The maximum atomic E-state index is 12.3. The molecule has 1 aliphatic heterocycles. The third kappa shape index (κ3) is 6.96. The van der Waals surface area contributed by atoms with Gasteiger partial charge in [0, 0.05) is 19.3 Å². The summed E-state index contributed by atoms with van der Waals surface area (Å²) in [5.41, 5.74) is 0.690. The van der Waals surface area contributed by atoms with Crippen LogP contribution in [0.3, 0.4) is 0 Å². The first-order chi connectivity index (χ1) is 12.8. The van der Waals surface area contributed by atoms with Crippen molar-refractivity contribution in [2.24, 2.45) is 11.8 Å². The molecule has 8 heteroatoms. The summed E-state index contributed by atoms with van der Waals surface area (Å²) in [6.45, 7) is 1.17. The Hall–Kier alpha value is -2.51. The zero-order valence-corrected chi connectivity index (χ0v) is 14.8. The second kappa shape index (κ2) is 9.43. The van der Waals surface area contributed by atoms with Crippen molar-refractivity contribution < 1.29 is 27.8 Å². The van der Waals surface area contributed by atoms with E-state index >= 15 is 0 Å². The minimum atomic E-state index is -4.69. The van der Waals surface area contributed by atoms with E-state index in [1.807, 2.05) is 11.0 Å². The van der Waals surface area contributed by atoms with Crippen molar-refractivity contribution in [3.63, 3.8) is 0 Å². The van der Waals surface area contributed by atoms with E-state index in [-0.39, 0.29) is 17.6 Å². The number of carboxylic acids is 1. The number of ether oxygens (including phenoxy) is 1. The Morgan fingerprint density at radius 2 is 2.07 bits per heavy atom. The molecular weight excluding hydrogens is 361 g/mol. The van der Waals surface area contributed by atoms with Crippen molar-refractivity contribution in [3.05, 3.63) is 47.9 Å². The highest BCUT2D eigenvalue weighted by Crippen LogP contribution is 2.27. The maximum absolute atomic E-state index is 12.3. The zero-order chi connectivity index (χ0) is 19.9. The number of rotatable bonds is 7. The molecule has 1 fully saturated rings. The van der Waals surface area contributed by atoms with Crippen molar-refractivity contribution >= 4 is 12.2 Å². The third-order valence-corrected chi connectivity index (χ3v) is 4.55. The summed E-state index contributed by atoms with van der Waals surface area (Å²) in [5, 5.41) is 16.6. The van der Waals surface area contributed by atoms with Crippen LogP contribution in [0.25, 0.3) is 0 Å². The number of allylic oxidation sites excluding steroid dienone is 7. The van der Waals surface area contributed by atoms with Gasteiger partial charge in [0.05, 0.1) is 11.6 Å². The molecule has 1 unspecified atom stereocenters. The highest BCUT2D eigenvalue weighted by atomic mass is 19.4. The number of aliphatic carboxylic acids is 1. The highest BCUT2D eigenvalue weighted by Gasteiger charge is 2.32. The molecule has 0 bridgehead atoms. The van der Waals surface area contributed by atoms with Gasteiger partial charge in [-0.3, -0.25) is 4.79 Å². The normalized spacial score (nSPS) is 22.0. The summed E-state index contributed by atoms with van der Waals surface area (Å²) in [4.78, 5) is 13.0. The molecule has 1 saturated heterocycles. The second-order valence-corrected chi connectivity index (χ2v) is 6.51. The Balaban J connectivity index is 1.87. The van der Waals surface area contributed by atoms with Crippen molar-refractivity contribution in [1.29, 1.82) is 5.41 Å². The Morgan fingerprint density at radius 3 is 2.67 bits per heavy atom. The molecule has 0 aromatic heterocycles. The van der Waals surface area contributed by atoms with Crippen LogP contribution in [0.2, 0.25) is 0 Å². The van der Waals surface area contributed by atoms with Gasteiger partial charge >= 0.3 is 12.3 Å². The number of hydrogen-bond acceptors (Lipinski definition) is 4. The molecule has 0 aromatic rings. The molecule has 2 aliphatic rings. The highest BCUT2D eigenvalue weighted by molar-refractivity contribution is 5.75. The van der Waals surface area contributed by atoms with E-state index in [1.54, 1.807) is 18.2 Å². The molecule has 0 radical (unpaired) electrons. The van der Waals surface area contributed by atoms with Gasteiger partial charge in [-0.15, -0.1) is 13.2 Å². The van der Waals surface area contributed by atoms with Crippen LogP contribution in [0.15, 0.2) is 47.9 Å². The van der Waals surface area contributed by atoms with Gasteiger partial charge in [-0.2, -0.15) is 0 Å². The second-order valence-electron chi connectivity index (χ2n) is 6.51. The number of carboxylic acid groups (broad SMARTS) is 1. The number of hydrogen-bond donors (Lipinski definition) is 2. The van der Waals surface area contributed by atoms with E-state index in [2.05, 4.69) is 4.74 Å². The molecule has 5 nitrogen and oxygen atoms in total. The molecule has 2 N–H and O–H groups in total. The number of piperidine rings is 1. The largest absolute Gasteiger partial charge is 0.573 e. The van der Waals surface area contributed by atoms with Crippen molar-refractivity contribution in [1.82, 2.24) is 4.90 Å². The SMILES string of the molecule is N=C/C(=C\C=C\CC1C=C(OC(F)(F)F)C=CC1)N1CCC(C(=O)O)CC1. The van der Waals surface area contributed by atoms with Crippen molar-refractivity contribution in [2.75, 3.05) is 13.1 Å². The van der Waals surface area contributed by atoms with Crippen LogP contribution in [0, 0.1) is 17.2 Å². The van der Waals surface area contributed by atoms with Crippen LogP contribution >= 0.6 is 0 Å². The Bertz CT molecular complexity index is 658. The van der Waals surface area contributed by atoms with Gasteiger partial charge in [0.1, 0.15) is 5.76 Å². The lowest BCUT2D eigenvalue weighted by molar-refractivity contribution is -0.303. The Kier molecular flexibility index (Phi) is 7.27. The summed E-state index contributed by atoms with van der Waals surface area (Å²) in [6.07, 6.45) is 8.66. The number of nitrogens with zero attached hydrogens (tertiary/aromatic N) is 1. The van der Waals surface area contributed by atoms with Gasteiger partial charge in [-0.25, -0.2) is 0 Å². The van der Waals surface area contributed by atoms with E-state index in [1.165, 1.54) is 18.4 Å². The number of nitrogens with one attached hydrogen (secondary N) is 1. The standard InChI is InChI=1S/C19H23F3N2O3/c20-19(21,22)27-17-7-3-5-14(12-17)4-1-2-6-16(13-23)24-10-8-15(9-11-24)18(25)26/h1-3,6-7,12-15,23H,4-5,8-11H2,(H,25,26)/b2-1+,16-6+,23-13?. The fourth-order valence-electron chi connectivity index (χ4n) is 3.13. The molecular formula is C19H23F3N2O3. The summed E-state index contributed by atoms with van der Waals surface area (Å²) >= 11 is 0. The summed E-state index contributed by atoms with van der Waals surface area (Å²) in [6, 6.07) is 0. The number of alkyl halides is 3. The van der Waals surface area contributed by atoms with Crippen LogP contribution in [0.4, 0.5) is 13.2 Å². The zero-order valence-electron chi connectivity index (χ0n) is 14.8. The van der Waals surface area contributed by atoms with Gasteiger partial charge in [-0.1, -0.05) is 18.2 Å². The van der Waals surface area contributed by atoms with E-state index in [0.29, 0.717) is 44.5 Å². The molecule has 0 amide bonds. The van der Waals surface area contributed by atoms with Crippen LogP contribution in [-0.2, 0) is 9.53 Å². The minimum Gasteiger partial charge on any atom is -0.481 e. The van der Waals surface area contributed by atoms with E-state index in [4.69, 9.17) is 10.5 Å². The van der Waals surface area contributed by atoms with Crippen LogP contribution in [-0.4, -0.2) is 41.6 Å². The first kappa shape index (κ1) is 20.8. The fourth-order valence-corrected chi connectivity index (χ4v) is 3.13. The first-order valence-corrected chi connectivity index (χ1v) is 8.77. The molecule has 27 heavy (non-hydrogen) atoms. The van der Waals surface area contributed by atoms with Gasteiger partial charge < -0.3 is 20.2 Å². The summed E-state index contributed by atoms with van der Waals surface area (Å²) in [7, 11) is 0. The molecule has 0 saturated carbocycles. The lowest BCUT2D eigenvalue weighted by Gasteiger charge is -2.32. The molecule has 1 atom stereocenters. The van der Waals surface area contributed by atoms with Crippen LogP contribution in [0.5, 0.6) is 0 Å². The van der Waals surface area contributed by atoms with E-state index in [0.717, 1.165) is 0 Å². The average Bonchev–Trinajstić information content (AvgIpc) is 2.61. The number of carbonyl (C=O) groups is 1. The maximum Gasteiger partial charge on any atom is 0.573 e. The van der Waals surface area contributed by atoms with E-state index < -0.39 is 12.3 Å². The van der Waals surface area contributed by atoms with Crippen molar-refractivity contribution in [3.8, 4) is 0 Å². The summed E-state index contributed by atoms with van der Waals surface area (Å²) in [5.74, 6) is -1.38. The Labute approximate surface area is 156 Å². The van der Waals surface area contributed by atoms with E-state index in [9.17, 15) is 18.0 Å². The number of halogens is 3. The van der Waals surface area contributed by atoms with Gasteiger partial charge in [-0.05, 0) is 49.8 Å². The van der Waals surface area contributed by atoms with Crippen molar-refractivity contribution in [2.45, 2.75) is 32.0 Å². The molecule has 0 spiro atoms. The van der Waals surface area contributed by atoms with Crippen LogP contribution < -0.4 is 0 Å². The first-order valence-electron chi connectivity index (χ1n) is 8.77. The molecule has 1 heterocycles. The van der Waals surface area contributed by atoms with Gasteiger partial charge in [0.15, 0.2) is 0 Å².